The number of aryl methyl sites for hydroxylation is 1. The average molecular weight is 383 g/mol. The summed E-state index contributed by atoms with van der Waals surface area (Å²) < 4.78 is 14.2. The van der Waals surface area contributed by atoms with Gasteiger partial charge in [0.05, 0.1) is 0 Å². The van der Waals surface area contributed by atoms with Crippen LogP contribution in [0.15, 0.2) is 18.2 Å². The number of hydrogen-bond acceptors (Lipinski definition) is 0. The van der Waals surface area contributed by atoms with Crippen molar-refractivity contribution < 1.29 is 4.39 Å². The van der Waals surface area contributed by atoms with Gasteiger partial charge in [-0.25, -0.2) is 4.39 Å². The predicted octanol–water partition coefficient (Wildman–Crippen LogP) is 7.93. The molecule has 1 aromatic rings. The summed E-state index contributed by atoms with van der Waals surface area (Å²) in [6.45, 7) is 4.47. The average Bonchev–Trinajstić information content (AvgIpc) is 2.73. The van der Waals surface area contributed by atoms with Crippen LogP contribution in [0.4, 0.5) is 4.39 Å². The van der Waals surface area contributed by atoms with E-state index in [4.69, 9.17) is 0 Å². The molecule has 0 aliphatic heterocycles. The highest BCUT2D eigenvalue weighted by Crippen LogP contribution is 2.42. The molecule has 0 amide bonds. The zero-order chi connectivity index (χ0) is 19.8. The fourth-order valence-electron chi connectivity index (χ4n) is 5.47. The molecule has 0 heterocycles. The van der Waals surface area contributed by atoms with Gasteiger partial charge in [-0.15, -0.1) is 0 Å². The molecule has 0 spiro atoms. The molecule has 28 heavy (non-hydrogen) atoms. The molecule has 0 nitrogen and oxygen atoms in total. The molecule has 0 atom stereocenters. The van der Waals surface area contributed by atoms with E-state index in [0.29, 0.717) is 5.92 Å². The summed E-state index contributed by atoms with van der Waals surface area (Å²) in [5, 5.41) is 0. The van der Waals surface area contributed by atoms with E-state index >= 15 is 0 Å². The lowest BCUT2D eigenvalue weighted by Gasteiger charge is -2.37. The molecule has 0 aromatic heterocycles. The van der Waals surface area contributed by atoms with E-state index in [-0.39, 0.29) is 5.82 Å². The summed E-state index contributed by atoms with van der Waals surface area (Å²) in [6, 6.07) is 5.57. The van der Waals surface area contributed by atoms with Crippen LogP contribution in [0.3, 0.4) is 0 Å². The highest BCUT2D eigenvalue weighted by molar-refractivity contribution is 5.37. The van der Waals surface area contributed by atoms with E-state index in [9.17, 15) is 4.39 Å². The molecule has 0 radical (unpaired) electrons. The Morgan fingerprint density at radius 1 is 0.893 bits per heavy atom. The standard InChI is InChI=1S/C27H39F/c1-3-5-7-26-19-14-23(20-27(26)28)9-8-22-12-17-25(18-13-22)24-15-10-21(6-4-2)11-16-24/h14,19-22,24-25H,3-7,10-13,15-18H2,1-2H3. The summed E-state index contributed by atoms with van der Waals surface area (Å²) in [7, 11) is 0. The van der Waals surface area contributed by atoms with Crippen molar-refractivity contribution in [2.45, 2.75) is 97.3 Å². The molecule has 2 fully saturated rings. The van der Waals surface area contributed by atoms with Gasteiger partial charge in [0.1, 0.15) is 5.82 Å². The first-order valence-corrected chi connectivity index (χ1v) is 12.0. The van der Waals surface area contributed by atoms with Crippen LogP contribution in [0, 0.1) is 41.3 Å². The van der Waals surface area contributed by atoms with E-state index in [2.05, 4.69) is 25.7 Å². The van der Waals surface area contributed by atoms with Crippen LogP contribution in [0.25, 0.3) is 0 Å². The van der Waals surface area contributed by atoms with Gasteiger partial charge in [0.25, 0.3) is 0 Å². The smallest absolute Gasteiger partial charge is 0.127 e. The highest BCUT2D eigenvalue weighted by Gasteiger charge is 2.30. The molecule has 2 aliphatic carbocycles. The summed E-state index contributed by atoms with van der Waals surface area (Å²) in [5.41, 5.74) is 1.68. The van der Waals surface area contributed by atoms with Gasteiger partial charge in [0, 0.05) is 11.5 Å². The molecule has 1 heteroatoms. The number of benzene rings is 1. The number of rotatable bonds is 6. The Labute approximate surface area is 172 Å². The van der Waals surface area contributed by atoms with Crippen molar-refractivity contribution in [2.75, 3.05) is 0 Å². The summed E-state index contributed by atoms with van der Waals surface area (Å²) in [6.07, 6.45) is 16.8. The van der Waals surface area contributed by atoms with Gasteiger partial charge in [-0.05, 0) is 86.8 Å². The van der Waals surface area contributed by atoms with Crippen LogP contribution in [-0.4, -0.2) is 0 Å². The van der Waals surface area contributed by atoms with Gasteiger partial charge in [0.15, 0.2) is 0 Å². The second-order valence-corrected chi connectivity index (χ2v) is 9.36. The molecule has 0 unspecified atom stereocenters. The van der Waals surface area contributed by atoms with Crippen LogP contribution in [0.5, 0.6) is 0 Å². The SMILES string of the molecule is CCCCc1ccc(C#CC2CCC(C3CCC(CCC)CC3)CC2)cc1F. The van der Waals surface area contributed by atoms with Crippen molar-refractivity contribution in [3.63, 3.8) is 0 Å². The second kappa shape index (κ2) is 11.0. The Morgan fingerprint density at radius 3 is 2.18 bits per heavy atom. The topological polar surface area (TPSA) is 0 Å². The maximum absolute atomic E-state index is 14.2. The van der Waals surface area contributed by atoms with Crippen molar-refractivity contribution in [3.8, 4) is 11.8 Å². The van der Waals surface area contributed by atoms with Crippen LogP contribution < -0.4 is 0 Å². The molecule has 3 rings (SSSR count). The van der Waals surface area contributed by atoms with Crippen LogP contribution >= 0.6 is 0 Å². The predicted molar refractivity (Wildman–Crippen MR) is 118 cm³/mol. The molecular weight excluding hydrogens is 343 g/mol. The van der Waals surface area contributed by atoms with Gasteiger partial charge in [-0.3, -0.25) is 0 Å². The van der Waals surface area contributed by atoms with Crippen LogP contribution in [0.2, 0.25) is 0 Å². The molecule has 0 saturated heterocycles. The maximum Gasteiger partial charge on any atom is 0.127 e. The summed E-state index contributed by atoms with van der Waals surface area (Å²) >= 11 is 0. The molecule has 2 aliphatic rings. The van der Waals surface area contributed by atoms with Gasteiger partial charge < -0.3 is 0 Å². The van der Waals surface area contributed by atoms with E-state index in [1.54, 1.807) is 6.07 Å². The minimum Gasteiger partial charge on any atom is -0.207 e. The quantitative estimate of drug-likeness (QED) is 0.438. The lowest BCUT2D eigenvalue weighted by molar-refractivity contribution is 0.154. The summed E-state index contributed by atoms with van der Waals surface area (Å²) in [5.74, 6) is 10.1. The fourth-order valence-corrected chi connectivity index (χ4v) is 5.47. The Balaban J connectivity index is 1.46. The minimum absolute atomic E-state index is 0.0809. The Hall–Kier alpha value is -1.29. The Kier molecular flexibility index (Phi) is 8.44. The molecule has 2 saturated carbocycles. The van der Waals surface area contributed by atoms with E-state index in [1.807, 2.05) is 12.1 Å². The normalized spacial score (nSPS) is 27.8. The fraction of sp³-hybridized carbons (Fsp3) is 0.704. The zero-order valence-corrected chi connectivity index (χ0v) is 18.1. The van der Waals surface area contributed by atoms with E-state index in [1.165, 1.54) is 64.2 Å². The largest absolute Gasteiger partial charge is 0.207 e. The molecular formula is C27H39F. The van der Waals surface area contributed by atoms with Crippen molar-refractivity contribution in [1.29, 1.82) is 0 Å². The van der Waals surface area contributed by atoms with Gasteiger partial charge >= 0.3 is 0 Å². The Bertz CT molecular complexity index is 649. The zero-order valence-electron chi connectivity index (χ0n) is 18.1. The van der Waals surface area contributed by atoms with Gasteiger partial charge in [-0.2, -0.15) is 0 Å². The van der Waals surface area contributed by atoms with Gasteiger partial charge in [-0.1, -0.05) is 63.9 Å². The summed E-state index contributed by atoms with van der Waals surface area (Å²) in [4.78, 5) is 0. The molecule has 154 valence electrons. The molecule has 1 aromatic carbocycles. The second-order valence-electron chi connectivity index (χ2n) is 9.36. The van der Waals surface area contributed by atoms with Crippen molar-refractivity contribution >= 4 is 0 Å². The third-order valence-electron chi connectivity index (χ3n) is 7.30. The molecule has 0 bridgehead atoms. The monoisotopic (exact) mass is 382 g/mol. The van der Waals surface area contributed by atoms with Crippen LogP contribution in [-0.2, 0) is 6.42 Å². The first-order chi connectivity index (χ1) is 13.7. The van der Waals surface area contributed by atoms with Crippen molar-refractivity contribution in [3.05, 3.63) is 35.1 Å². The Morgan fingerprint density at radius 2 is 1.57 bits per heavy atom. The lowest BCUT2D eigenvalue weighted by atomic mass is 9.69. The first kappa shape index (κ1) is 21.4. The van der Waals surface area contributed by atoms with Gasteiger partial charge in [0.2, 0.25) is 0 Å². The molecule has 0 N–H and O–H groups in total. The van der Waals surface area contributed by atoms with Crippen molar-refractivity contribution in [1.82, 2.24) is 0 Å². The number of unbranched alkanes of at least 4 members (excludes halogenated alkanes) is 1. The first-order valence-electron chi connectivity index (χ1n) is 12.0. The van der Waals surface area contributed by atoms with E-state index < -0.39 is 0 Å². The number of halogens is 1. The number of hydrogen-bond donors (Lipinski definition) is 0. The minimum atomic E-state index is -0.0809. The van der Waals surface area contributed by atoms with E-state index in [0.717, 1.165) is 48.1 Å². The highest BCUT2D eigenvalue weighted by atomic mass is 19.1. The maximum atomic E-state index is 14.2. The van der Waals surface area contributed by atoms with Crippen LogP contribution in [0.1, 0.15) is 102 Å². The lowest BCUT2D eigenvalue weighted by Crippen LogP contribution is -2.25. The third kappa shape index (κ3) is 6.10. The third-order valence-corrected chi connectivity index (χ3v) is 7.30. The van der Waals surface area contributed by atoms with Crippen molar-refractivity contribution in [2.24, 2.45) is 23.7 Å².